The van der Waals surface area contributed by atoms with E-state index >= 15 is 0 Å². The number of hydrogen-bond acceptors (Lipinski definition) is 4. The number of hydrogen-bond donors (Lipinski definition) is 1. The smallest absolute Gasteiger partial charge is 0.261 e. The van der Waals surface area contributed by atoms with Crippen LogP contribution in [0.5, 0.6) is 5.75 Å². The summed E-state index contributed by atoms with van der Waals surface area (Å²) in [6.45, 7) is -0.162. The number of aliphatic hydroxyl groups excluding tert-OH is 1. The van der Waals surface area contributed by atoms with Crippen molar-refractivity contribution >= 4 is 22.5 Å². The fourth-order valence-corrected chi connectivity index (χ4v) is 2.46. The average Bonchev–Trinajstić information content (AvgIpc) is 2.56. The molecule has 24 heavy (non-hydrogen) atoms. The van der Waals surface area contributed by atoms with Gasteiger partial charge in [0.15, 0.2) is 11.6 Å². The lowest BCUT2D eigenvalue weighted by atomic mass is 10.2. The number of benzene rings is 2. The number of aromatic nitrogens is 2. The van der Waals surface area contributed by atoms with E-state index in [1.165, 1.54) is 23.0 Å². The third kappa shape index (κ3) is 3.55. The summed E-state index contributed by atoms with van der Waals surface area (Å²) in [5.41, 5.74) is 0.197. The van der Waals surface area contributed by atoms with Crippen LogP contribution < -0.4 is 10.3 Å². The number of fused-ring (bicyclic) bond motifs is 1. The second-order valence-electron chi connectivity index (χ2n) is 5.26. The average molecular weight is 349 g/mol. The first kappa shape index (κ1) is 16.4. The highest BCUT2D eigenvalue weighted by Crippen LogP contribution is 2.16. The fraction of sp³-hybridized carbons (Fsp3) is 0.176. The third-order valence-electron chi connectivity index (χ3n) is 3.46. The molecule has 5 nitrogen and oxygen atoms in total. The Kier molecular flexibility index (Phi) is 4.78. The van der Waals surface area contributed by atoms with Crippen molar-refractivity contribution in [2.45, 2.75) is 12.6 Å². The Balaban J connectivity index is 1.72. The van der Waals surface area contributed by atoms with Gasteiger partial charge in [0.05, 0.1) is 23.8 Å². The molecule has 2 aromatic carbocycles. The molecule has 0 aliphatic heterocycles. The van der Waals surface area contributed by atoms with Crippen LogP contribution in [0, 0.1) is 5.82 Å². The van der Waals surface area contributed by atoms with Crippen LogP contribution >= 0.6 is 11.6 Å². The Morgan fingerprint density at radius 3 is 2.88 bits per heavy atom. The summed E-state index contributed by atoms with van der Waals surface area (Å²) in [7, 11) is 0. The van der Waals surface area contributed by atoms with Crippen molar-refractivity contribution in [3.8, 4) is 5.75 Å². The fourth-order valence-electron chi connectivity index (χ4n) is 2.29. The molecule has 3 aromatic rings. The van der Waals surface area contributed by atoms with E-state index in [2.05, 4.69) is 4.98 Å². The van der Waals surface area contributed by atoms with E-state index in [1.807, 2.05) is 0 Å². The van der Waals surface area contributed by atoms with E-state index in [9.17, 15) is 14.3 Å². The lowest BCUT2D eigenvalue weighted by Gasteiger charge is -2.14. The highest BCUT2D eigenvalue weighted by molar-refractivity contribution is 6.31. The van der Waals surface area contributed by atoms with Crippen molar-refractivity contribution in [1.82, 2.24) is 9.55 Å². The van der Waals surface area contributed by atoms with Crippen molar-refractivity contribution in [3.63, 3.8) is 0 Å². The van der Waals surface area contributed by atoms with Gasteiger partial charge in [-0.3, -0.25) is 9.36 Å². The highest BCUT2D eigenvalue weighted by Gasteiger charge is 2.11. The molecule has 1 atom stereocenters. The van der Waals surface area contributed by atoms with Crippen molar-refractivity contribution < 1.29 is 14.2 Å². The van der Waals surface area contributed by atoms with Crippen LogP contribution in [0.2, 0.25) is 5.02 Å². The van der Waals surface area contributed by atoms with Crippen molar-refractivity contribution in [3.05, 3.63) is 70.0 Å². The SMILES string of the molecule is O=c1c2ccc(Cl)cc2ncn1C[C@H](O)COc1ccccc1F. The molecule has 124 valence electrons. The summed E-state index contributed by atoms with van der Waals surface area (Å²) in [5, 5.41) is 10.9. The molecule has 0 aliphatic carbocycles. The maximum Gasteiger partial charge on any atom is 0.261 e. The van der Waals surface area contributed by atoms with Crippen LogP contribution in [-0.4, -0.2) is 27.4 Å². The van der Waals surface area contributed by atoms with Crippen LogP contribution in [0.15, 0.2) is 53.6 Å². The molecular weight excluding hydrogens is 335 g/mol. The summed E-state index contributed by atoms with van der Waals surface area (Å²) < 4.78 is 20.0. The minimum absolute atomic E-state index is 0.0150. The third-order valence-corrected chi connectivity index (χ3v) is 3.70. The zero-order valence-electron chi connectivity index (χ0n) is 12.5. The van der Waals surface area contributed by atoms with Gasteiger partial charge in [-0.25, -0.2) is 9.37 Å². The van der Waals surface area contributed by atoms with E-state index in [0.29, 0.717) is 15.9 Å². The van der Waals surface area contributed by atoms with Gasteiger partial charge in [-0.2, -0.15) is 0 Å². The molecule has 1 N–H and O–H groups in total. The summed E-state index contributed by atoms with van der Waals surface area (Å²) >= 11 is 5.87. The molecular formula is C17H14ClFN2O3. The summed E-state index contributed by atoms with van der Waals surface area (Å²) in [6, 6.07) is 10.7. The lowest BCUT2D eigenvalue weighted by Crippen LogP contribution is -2.30. The molecule has 0 saturated carbocycles. The monoisotopic (exact) mass is 348 g/mol. The minimum atomic E-state index is -0.992. The lowest BCUT2D eigenvalue weighted by molar-refractivity contribution is 0.0895. The largest absolute Gasteiger partial charge is 0.488 e. The van der Waals surface area contributed by atoms with E-state index in [1.54, 1.807) is 30.3 Å². The Morgan fingerprint density at radius 1 is 1.29 bits per heavy atom. The maximum absolute atomic E-state index is 13.5. The minimum Gasteiger partial charge on any atom is -0.488 e. The number of para-hydroxylation sites is 1. The molecule has 3 rings (SSSR count). The van der Waals surface area contributed by atoms with Crippen LogP contribution in [-0.2, 0) is 6.54 Å². The molecule has 1 aromatic heterocycles. The Morgan fingerprint density at radius 2 is 2.08 bits per heavy atom. The molecule has 0 amide bonds. The number of aliphatic hydroxyl groups is 1. The number of nitrogens with zero attached hydrogens (tertiary/aromatic N) is 2. The molecule has 0 fully saturated rings. The Labute approximate surface area is 141 Å². The summed E-state index contributed by atoms with van der Waals surface area (Å²) in [5.74, 6) is -0.457. The second kappa shape index (κ2) is 6.98. The van der Waals surface area contributed by atoms with E-state index in [0.717, 1.165) is 0 Å². The van der Waals surface area contributed by atoms with Crippen LogP contribution in [0.25, 0.3) is 10.9 Å². The zero-order chi connectivity index (χ0) is 17.1. The van der Waals surface area contributed by atoms with Crippen LogP contribution in [0.1, 0.15) is 0 Å². The normalized spacial score (nSPS) is 12.3. The number of halogens is 2. The molecule has 0 radical (unpaired) electrons. The van der Waals surface area contributed by atoms with Gasteiger partial charge in [-0.05, 0) is 30.3 Å². The summed E-state index contributed by atoms with van der Waals surface area (Å²) in [6.07, 6.45) is 0.349. The first-order chi connectivity index (χ1) is 11.5. The molecule has 1 heterocycles. The van der Waals surface area contributed by atoms with Crippen LogP contribution in [0.4, 0.5) is 4.39 Å². The van der Waals surface area contributed by atoms with Gasteiger partial charge in [-0.1, -0.05) is 23.7 Å². The zero-order valence-corrected chi connectivity index (χ0v) is 13.3. The van der Waals surface area contributed by atoms with Gasteiger partial charge >= 0.3 is 0 Å². The van der Waals surface area contributed by atoms with Crippen molar-refractivity contribution in [1.29, 1.82) is 0 Å². The first-order valence-corrected chi connectivity index (χ1v) is 7.62. The van der Waals surface area contributed by atoms with Crippen LogP contribution in [0.3, 0.4) is 0 Å². The Bertz CT molecular complexity index is 929. The first-order valence-electron chi connectivity index (χ1n) is 7.24. The molecule has 0 unspecified atom stereocenters. The molecule has 0 aliphatic rings. The highest BCUT2D eigenvalue weighted by atomic mass is 35.5. The quantitative estimate of drug-likeness (QED) is 0.770. The summed E-state index contributed by atoms with van der Waals surface area (Å²) in [4.78, 5) is 16.5. The topological polar surface area (TPSA) is 64.4 Å². The van der Waals surface area contributed by atoms with E-state index < -0.39 is 11.9 Å². The van der Waals surface area contributed by atoms with E-state index in [-0.39, 0.29) is 24.5 Å². The second-order valence-corrected chi connectivity index (χ2v) is 5.70. The van der Waals surface area contributed by atoms with Gasteiger partial charge in [-0.15, -0.1) is 0 Å². The predicted octanol–water partition coefficient (Wildman–Crippen LogP) is 2.63. The Hall–Kier alpha value is -2.44. The van der Waals surface area contributed by atoms with E-state index in [4.69, 9.17) is 16.3 Å². The predicted molar refractivity (Wildman–Crippen MR) is 88.9 cm³/mol. The molecule has 7 heteroatoms. The van der Waals surface area contributed by atoms with Gasteiger partial charge in [0.2, 0.25) is 0 Å². The van der Waals surface area contributed by atoms with Crippen molar-refractivity contribution in [2.24, 2.45) is 0 Å². The number of rotatable bonds is 5. The standard InChI is InChI=1S/C17H14ClFN2O3/c18-11-5-6-13-15(7-11)20-10-21(17(13)23)8-12(22)9-24-16-4-2-1-3-14(16)19/h1-7,10,12,22H,8-9H2/t12-/m0/s1. The van der Waals surface area contributed by atoms with Gasteiger partial charge in [0.25, 0.3) is 5.56 Å². The molecule has 0 spiro atoms. The maximum atomic E-state index is 13.5. The molecule has 0 saturated heterocycles. The van der Waals surface area contributed by atoms with Gasteiger partial charge < -0.3 is 9.84 Å². The van der Waals surface area contributed by atoms with Gasteiger partial charge in [0.1, 0.15) is 12.7 Å². The number of ether oxygens (including phenoxy) is 1. The van der Waals surface area contributed by atoms with Gasteiger partial charge in [0, 0.05) is 5.02 Å². The van der Waals surface area contributed by atoms with Crippen molar-refractivity contribution in [2.75, 3.05) is 6.61 Å². The molecule has 0 bridgehead atoms.